The van der Waals surface area contributed by atoms with E-state index in [0.717, 1.165) is 25.9 Å². The molecular formula is C20H18F2N2. The van der Waals surface area contributed by atoms with Gasteiger partial charge >= 0.3 is 0 Å². The third kappa shape index (κ3) is 3.46. The molecule has 24 heavy (non-hydrogen) atoms. The van der Waals surface area contributed by atoms with Crippen LogP contribution >= 0.6 is 0 Å². The van der Waals surface area contributed by atoms with Crippen LogP contribution in [0.5, 0.6) is 0 Å². The van der Waals surface area contributed by atoms with Gasteiger partial charge in [-0.25, -0.2) is 8.78 Å². The smallest absolute Gasteiger partial charge is 0.147 e. The van der Waals surface area contributed by atoms with Crippen molar-refractivity contribution in [3.05, 3.63) is 65.2 Å². The molecule has 1 aliphatic rings. The van der Waals surface area contributed by atoms with Crippen molar-refractivity contribution in [3.63, 3.8) is 0 Å². The van der Waals surface area contributed by atoms with Gasteiger partial charge < -0.3 is 4.90 Å². The molecule has 0 aromatic heterocycles. The Morgan fingerprint density at radius 1 is 1.00 bits per heavy atom. The topological polar surface area (TPSA) is 27.0 Å². The average Bonchev–Trinajstić information content (AvgIpc) is 2.61. The van der Waals surface area contributed by atoms with Crippen LogP contribution in [0, 0.1) is 23.0 Å². The van der Waals surface area contributed by atoms with E-state index in [1.807, 2.05) is 11.0 Å². The number of rotatable bonds is 3. The van der Waals surface area contributed by atoms with Gasteiger partial charge in [0, 0.05) is 18.7 Å². The molecule has 0 aliphatic carbocycles. The van der Waals surface area contributed by atoms with Gasteiger partial charge in [0.1, 0.15) is 11.6 Å². The molecule has 1 aliphatic heterocycles. The molecule has 0 saturated carbocycles. The van der Waals surface area contributed by atoms with Crippen molar-refractivity contribution < 1.29 is 8.78 Å². The standard InChI is InChI=1S/C20H18F2N2/c21-18-7-3-2-6-17(18)16(14-23)12-15-8-9-20(19(22)13-15)24-10-4-1-5-11-24/h2-3,6-9,12-13H,1,4-5,10-11H2/b16-12-. The number of halogens is 2. The lowest BCUT2D eigenvalue weighted by molar-refractivity contribution is 0.557. The molecule has 0 radical (unpaired) electrons. The van der Waals surface area contributed by atoms with E-state index in [-0.39, 0.29) is 17.0 Å². The van der Waals surface area contributed by atoms with E-state index in [1.54, 1.807) is 30.3 Å². The zero-order chi connectivity index (χ0) is 16.9. The summed E-state index contributed by atoms with van der Waals surface area (Å²) in [7, 11) is 0. The predicted molar refractivity (Wildman–Crippen MR) is 92.3 cm³/mol. The third-order valence-corrected chi connectivity index (χ3v) is 4.26. The monoisotopic (exact) mass is 324 g/mol. The van der Waals surface area contributed by atoms with E-state index >= 15 is 0 Å². The second-order valence-corrected chi connectivity index (χ2v) is 5.91. The Hall–Kier alpha value is -2.67. The maximum absolute atomic E-state index is 14.4. The van der Waals surface area contributed by atoms with E-state index in [4.69, 9.17) is 0 Å². The van der Waals surface area contributed by atoms with Crippen LogP contribution in [-0.4, -0.2) is 13.1 Å². The fourth-order valence-electron chi connectivity index (χ4n) is 3.02. The quantitative estimate of drug-likeness (QED) is 0.585. The van der Waals surface area contributed by atoms with Gasteiger partial charge in [-0.3, -0.25) is 0 Å². The fraction of sp³-hybridized carbons (Fsp3) is 0.250. The SMILES string of the molecule is N#C/C(=C/c1ccc(N2CCCCC2)c(F)c1)c1ccccc1F. The normalized spacial score (nSPS) is 15.2. The fourth-order valence-corrected chi connectivity index (χ4v) is 3.02. The summed E-state index contributed by atoms with van der Waals surface area (Å²) < 4.78 is 28.3. The summed E-state index contributed by atoms with van der Waals surface area (Å²) in [5.74, 6) is -0.771. The summed E-state index contributed by atoms with van der Waals surface area (Å²) in [5, 5.41) is 9.31. The first kappa shape index (κ1) is 16.2. The summed E-state index contributed by atoms with van der Waals surface area (Å²) in [4.78, 5) is 2.05. The Kier molecular flexibility index (Phi) is 4.90. The van der Waals surface area contributed by atoms with Crippen LogP contribution in [0.3, 0.4) is 0 Å². The second-order valence-electron chi connectivity index (χ2n) is 5.91. The van der Waals surface area contributed by atoms with E-state index in [1.165, 1.54) is 24.6 Å². The zero-order valence-electron chi connectivity index (χ0n) is 13.3. The Labute approximate surface area is 140 Å². The lowest BCUT2D eigenvalue weighted by atomic mass is 10.0. The maximum atomic E-state index is 14.4. The van der Waals surface area contributed by atoms with Crippen molar-refractivity contribution in [3.8, 4) is 6.07 Å². The zero-order valence-corrected chi connectivity index (χ0v) is 13.3. The van der Waals surface area contributed by atoms with Gasteiger partial charge in [0.2, 0.25) is 0 Å². The van der Waals surface area contributed by atoms with E-state index in [2.05, 4.69) is 0 Å². The number of anilines is 1. The molecule has 2 aromatic rings. The maximum Gasteiger partial charge on any atom is 0.147 e. The van der Waals surface area contributed by atoms with Crippen LogP contribution in [0.25, 0.3) is 11.6 Å². The number of piperidine rings is 1. The Morgan fingerprint density at radius 2 is 1.75 bits per heavy atom. The van der Waals surface area contributed by atoms with Gasteiger partial charge in [-0.05, 0) is 49.1 Å². The minimum Gasteiger partial charge on any atom is -0.369 e. The molecular weight excluding hydrogens is 306 g/mol. The van der Waals surface area contributed by atoms with E-state index < -0.39 is 5.82 Å². The largest absolute Gasteiger partial charge is 0.369 e. The molecule has 1 heterocycles. The number of nitriles is 1. The average molecular weight is 324 g/mol. The first-order valence-corrected chi connectivity index (χ1v) is 8.10. The molecule has 2 nitrogen and oxygen atoms in total. The minimum atomic E-state index is -0.462. The highest BCUT2D eigenvalue weighted by Crippen LogP contribution is 2.26. The summed E-state index contributed by atoms with van der Waals surface area (Å²) in [6, 6.07) is 13.0. The van der Waals surface area contributed by atoms with Crippen LogP contribution < -0.4 is 4.90 Å². The van der Waals surface area contributed by atoms with Crippen LogP contribution in [0.4, 0.5) is 14.5 Å². The second kappa shape index (κ2) is 7.27. The molecule has 2 aromatic carbocycles. The van der Waals surface area contributed by atoms with Gasteiger partial charge in [-0.15, -0.1) is 0 Å². The highest BCUT2D eigenvalue weighted by Gasteiger charge is 2.15. The summed E-state index contributed by atoms with van der Waals surface area (Å²) >= 11 is 0. The third-order valence-electron chi connectivity index (χ3n) is 4.26. The van der Waals surface area contributed by atoms with Gasteiger partial charge in [-0.1, -0.05) is 24.3 Å². The molecule has 0 spiro atoms. The Bertz CT molecular complexity index is 800. The number of benzene rings is 2. The first-order valence-electron chi connectivity index (χ1n) is 8.10. The van der Waals surface area contributed by atoms with Crippen LogP contribution in [0.1, 0.15) is 30.4 Å². The number of hydrogen-bond donors (Lipinski definition) is 0. The molecule has 3 rings (SSSR count). The van der Waals surface area contributed by atoms with Crippen molar-refractivity contribution in [1.82, 2.24) is 0 Å². The molecule has 0 bridgehead atoms. The van der Waals surface area contributed by atoms with Gasteiger partial charge in [0.15, 0.2) is 0 Å². The van der Waals surface area contributed by atoms with Crippen LogP contribution in [0.2, 0.25) is 0 Å². The van der Waals surface area contributed by atoms with Crippen LogP contribution in [0.15, 0.2) is 42.5 Å². The van der Waals surface area contributed by atoms with Gasteiger partial charge in [-0.2, -0.15) is 5.26 Å². The van der Waals surface area contributed by atoms with Crippen molar-refractivity contribution in [1.29, 1.82) is 5.26 Å². The van der Waals surface area contributed by atoms with E-state index in [9.17, 15) is 14.0 Å². The lowest BCUT2D eigenvalue weighted by Gasteiger charge is -2.29. The van der Waals surface area contributed by atoms with Gasteiger partial charge in [0.05, 0.1) is 17.3 Å². The molecule has 122 valence electrons. The molecule has 0 atom stereocenters. The molecule has 1 saturated heterocycles. The van der Waals surface area contributed by atoms with Gasteiger partial charge in [0.25, 0.3) is 0 Å². The Balaban J connectivity index is 1.91. The number of allylic oxidation sites excluding steroid dienone is 1. The number of nitrogens with zero attached hydrogens (tertiary/aromatic N) is 2. The highest BCUT2D eigenvalue weighted by molar-refractivity contribution is 5.89. The van der Waals surface area contributed by atoms with Crippen molar-refractivity contribution in [2.75, 3.05) is 18.0 Å². The first-order chi connectivity index (χ1) is 11.7. The summed E-state index contributed by atoms with van der Waals surface area (Å²) in [5.41, 5.74) is 1.54. The number of hydrogen-bond acceptors (Lipinski definition) is 2. The predicted octanol–water partition coefficient (Wildman–Crippen LogP) is 5.02. The summed E-state index contributed by atoms with van der Waals surface area (Å²) in [6.45, 7) is 1.73. The molecule has 0 unspecified atom stereocenters. The Morgan fingerprint density at radius 3 is 2.42 bits per heavy atom. The van der Waals surface area contributed by atoms with Crippen LogP contribution in [-0.2, 0) is 0 Å². The van der Waals surface area contributed by atoms with Crippen molar-refractivity contribution in [2.24, 2.45) is 0 Å². The highest BCUT2D eigenvalue weighted by atomic mass is 19.1. The molecule has 1 fully saturated rings. The van der Waals surface area contributed by atoms with Crippen molar-refractivity contribution >= 4 is 17.3 Å². The summed E-state index contributed by atoms with van der Waals surface area (Å²) in [6.07, 6.45) is 4.86. The van der Waals surface area contributed by atoms with E-state index in [0.29, 0.717) is 11.3 Å². The lowest BCUT2D eigenvalue weighted by Crippen LogP contribution is -2.30. The minimum absolute atomic E-state index is 0.179. The van der Waals surface area contributed by atoms with Crippen molar-refractivity contribution in [2.45, 2.75) is 19.3 Å². The molecule has 4 heteroatoms. The molecule has 0 N–H and O–H groups in total. The molecule has 0 amide bonds.